The third kappa shape index (κ3) is 1.64. The maximum atomic E-state index is 5.95. The molecule has 0 unspecified atom stereocenters. The molecule has 20 heavy (non-hydrogen) atoms. The Labute approximate surface area is 118 Å². The van der Waals surface area contributed by atoms with Crippen molar-refractivity contribution < 1.29 is 0 Å². The highest BCUT2D eigenvalue weighted by molar-refractivity contribution is 6.29. The normalized spacial score (nSPS) is 11.2. The third-order valence-electron chi connectivity index (χ3n) is 3.10. The maximum absolute atomic E-state index is 5.95. The minimum absolute atomic E-state index is 0.395. The fourth-order valence-corrected chi connectivity index (χ4v) is 2.36. The Morgan fingerprint density at radius 3 is 2.80 bits per heavy atom. The maximum Gasteiger partial charge on any atom is 0.187 e. The zero-order valence-corrected chi connectivity index (χ0v) is 11.0. The van der Waals surface area contributed by atoms with Gasteiger partial charge in [-0.2, -0.15) is 9.61 Å². The van der Waals surface area contributed by atoms with Crippen LogP contribution in [0.5, 0.6) is 0 Å². The van der Waals surface area contributed by atoms with Gasteiger partial charge in [0.05, 0.1) is 5.52 Å². The molecule has 0 aliphatic heterocycles. The zero-order valence-electron chi connectivity index (χ0n) is 10.2. The molecule has 0 amide bonds. The van der Waals surface area contributed by atoms with Gasteiger partial charge in [-0.3, -0.25) is 4.98 Å². The Bertz CT molecular complexity index is 926. The van der Waals surface area contributed by atoms with Crippen LogP contribution in [0.15, 0.2) is 48.7 Å². The Balaban J connectivity index is 2.09. The molecule has 0 spiro atoms. The lowest BCUT2D eigenvalue weighted by atomic mass is 10.1. The summed E-state index contributed by atoms with van der Waals surface area (Å²) in [6.45, 7) is 0. The predicted molar refractivity (Wildman–Crippen MR) is 76.5 cm³/mol. The molecule has 0 bridgehead atoms. The lowest BCUT2D eigenvalue weighted by molar-refractivity contribution is 0.937. The second-order valence-corrected chi connectivity index (χ2v) is 4.72. The number of hydrogen-bond donors (Lipinski definition) is 0. The summed E-state index contributed by atoms with van der Waals surface area (Å²) in [5.74, 6) is 0.631. The van der Waals surface area contributed by atoms with Gasteiger partial charge in [-0.25, -0.2) is 0 Å². The summed E-state index contributed by atoms with van der Waals surface area (Å²) in [5.41, 5.74) is 2.40. The lowest BCUT2D eigenvalue weighted by Gasteiger charge is -2.03. The fraction of sp³-hybridized carbons (Fsp3) is 0. The molecular weight excluding hydrogens is 274 g/mol. The molecule has 0 N–H and O–H groups in total. The van der Waals surface area contributed by atoms with Gasteiger partial charge in [0.15, 0.2) is 11.5 Å². The van der Waals surface area contributed by atoms with Crippen LogP contribution in [0.1, 0.15) is 0 Å². The van der Waals surface area contributed by atoms with Crippen molar-refractivity contribution in [3.05, 3.63) is 53.8 Å². The number of rotatable bonds is 1. The van der Waals surface area contributed by atoms with Crippen LogP contribution >= 0.6 is 11.6 Å². The Morgan fingerprint density at radius 2 is 1.85 bits per heavy atom. The molecule has 6 heteroatoms. The molecule has 0 fully saturated rings. The number of fused-ring (bicyclic) bond motifs is 2. The van der Waals surface area contributed by atoms with Crippen molar-refractivity contribution >= 4 is 28.2 Å². The summed E-state index contributed by atoms with van der Waals surface area (Å²) in [6, 6.07) is 13.3. The van der Waals surface area contributed by atoms with E-state index in [9.17, 15) is 0 Å². The van der Waals surface area contributed by atoms with Crippen molar-refractivity contribution in [2.45, 2.75) is 0 Å². The summed E-state index contributed by atoms with van der Waals surface area (Å²) >= 11 is 5.95. The average molecular weight is 282 g/mol. The molecule has 0 atom stereocenters. The molecule has 1 aromatic carbocycles. The van der Waals surface area contributed by atoms with E-state index in [0.717, 1.165) is 16.5 Å². The van der Waals surface area contributed by atoms with E-state index in [4.69, 9.17) is 11.6 Å². The number of pyridine rings is 1. The second kappa shape index (κ2) is 4.25. The minimum Gasteiger partial charge on any atom is -0.255 e. The molecule has 96 valence electrons. The van der Waals surface area contributed by atoms with E-state index in [-0.39, 0.29) is 0 Å². The van der Waals surface area contributed by atoms with Crippen molar-refractivity contribution in [3.63, 3.8) is 0 Å². The van der Waals surface area contributed by atoms with E-state index >= 15 is 0 Å². The van der Waals surface area contributed by atoms with E-state index in [0.29, 0.717) is 16.6 Å². The first kappa shape index (κ1) is 11.3. The van der Waals surface area contributed by atoms with Crippen LogP contribution in [0.4, 0.5) is 0 Å². The van der Waals surface area contributed by atoms with Gasteiger partial charge in [0.2, 0.25) is 0 Å². The van der Waals surface area contributed by atoms with Crippen molar-refractivity contribution in [2.75, 3.05) is 0 Å². The van der Waals surface area contributed by atoms with Crippen LogP contribution in [-0.4, -0.2) is 24.8 Å². The van der Waals surface area contributed by atoms with Gasteiger partial charge in [-0.15, -0.1) is 10.2 Å². The van der Waals surface area contributed by atoms with E-state index < -0.39 is 0 Å². The number of benzene rings is 1. The molecule has 0 saturated heterocycles. The smallest absolute Gasteiger partial charge is 0.187 e. The van der Waals surface area contributed by atoms with E-state index in [1.807, 2.05) is 30.3 Å². The standard InChI is InChI=1S/C14H8ClN5/c15-11-6-7-12-17-18-14(20(12)19-11)10-5-1-3-9-4-2-8-16-13(9)10/h1-8H. The second-order valence-electron chi connectivity index (χ2n) is 4.33. The first-order chi connectivity index (χ1) is 9.83. The molecule has 0 saturated carbocycles. The number of nitrogens with zero attached hydrogens (tertiary/aromatic N) is 5. The molecule has 4 aromatic rings. The first-order valence-corrected chi connectivity index (χ1v) is 6.43. The Morgan fingerprint density at radius 1 is 0.950 bits per heavy atom. The molecule has 0 aliphatic carbocycles. The first-order valence-electron chi connectivity index (χ1n) is 6.05. The van der Waals surface area contributed by atoms with Crippen molar-refractivity contribution in [1.82, 2.24) is 24.8 Å². The molecular formula is C14H8ClN5. The van der Waals surface area contributed by atoms with Crippen molar-refractivity contribution in [2.24, 2.45) is 0 Å². The number of aromatic nitrogens is 5. The van der Waals surface area contributed by atoms with Crippen LogP contribution in [-0.2, 0) is 0 Å². The summed E-state index contributed by atoms with van der Waals surface area (Å²) in [6.07, 6.45) is 1.76. The van der Waals surface area contributed by atoms with Crippen molar-refractivity contribution in [3.8, 4) is 11.4 Å². The van der Waals surface area contributed by atoms with Gasteiger partial charge in [-0.05, 0) is 24.3 Å². The summed E-state index contributed by atoms with van der Waals surface area (Å²) in [5, 5.41) is 14.0. The number of para-hydroxylation sites is 1. The SMILES string of the molecule is Clc1ccc2nnc(-c3cccc4cccnc34)n2n1. The fourth-order valence-electron chi connectivity index (χ4n) is 2.22. The van der Waals surface area contributed by atoms with Crippen LogP contribution in [0, 0.1) is 0 Å². The minimum atomic E-state index is 0.395. The molecule has 4 rings (SSSR count). The van der Waals surface area contributed by atoms with E-state index in [2.05, 4.69) is 20.3 Å². The lowest BCUT2D eigenvalue weighted by Crippen LogP contribution is -1.96. The van der Waals surface area contributed by atoms with Gasteiger partial charge in [0, 0.05) is 17.1 Å². The van der Waals surface area contributed by atoms with Gasteiger partial charge in [0.25, 0.3) is 0 Å². The Kier molecular flexibility index (Phi) is 2.40. The zero-order chi connectivity index (χ0) is 13.5. The van der Waals surface area contributed by atoms with Gasteiger partial charge in [0.1, 0.15) is 5.15 Å². The summed E-state index contributed by atoms with van der Waals surface area (Å²) < 4.78 is 1.63. The third-order valence-corrected chi connectivity index (χ3v) is 3.31. The molecule has 5 nitrogen and oxygen atoms in total. The average Bonchev–Trinajstić information content (AvgIpc) is 2.89. The van der Waals surface area contributed by atoms with Gasteiger partial charge < -0.3 is 0 Å². The van der Waals surface area contributed by atoms with Crippen LogP contribution in [0.3, 0.4) is 0 Å². The highest BCUT2D eigenvalue weighted by atomic mass is 35.5. The summed E-state index contributed by atoms with van der Waals surface area (Å²) in [7, 11) is 0. The number of hydrogen-bond acceptors (Lipinski definition) is 4. The Hall–Kier alpha value is -2.53. The molecule has 0 aliphatic rings. The molecule has 3 heterocycles. The van der Waals surface area contributed by atoms with E-state index in [1.165, 1.54) is 0 Å². The largest absolute Gasteiger partial charge is 0.255 e. The quantitative estimate of drug-likeness (QED) is 0.538. The van der Waals surface area contributed by atoms with Gasteiger partial charge in [-0.1, -0.05) is 29.8 Å². The summed E-state index contributed by atoms with van der Waals surface area (Å²) in [4.78, 5) is 4.42. The predicted octanol–water partition coefficient (Wildman–Crippen LogP) is 2.99. The van der Waals surface area contributed by atoms with Crippen LogP contribution in [0.2, 0.25) is 5.15 Å². The van der Waals surface area contributed by atoms with Crippen LogP contribution in [0.25, 0.3) is 27.9 Å². The van der Waals surface area contributed by atoms with E-state index in [1.54, 1.807) is 22.8 Å². The molecule has 0 radical (unpaired) electrons. The molecule has 3 aromatic heterocycles. The highest BCUT2D eigenvalue weighted by Crippen LogP contribution is 2.25. The monoisotopic (exact) mass is 281 g/mol. The number of halogens is 1. The topological polar surface area (TPSA) is 56.0 Å². The van der Waals surface area contributed by atoms with Crippen molar-refractivity contribution in [1.29, 1.82) is 0 Å². The van der Waals surface area contributed by atoms with Gasteiger partial charge >= 0.3 is 0 Å². The van der Waals surface area contributed by atoms with Crippen LogP contribution < -0.4 is 0 Å². The highest BCUT2D eigenvalue weighted by Gasteiger charge is 2.13.